The summed E-state index contributed by atoms with van der Waals surface area (Å²) in [5.74, 6) is 0.738. The van der Waals surface area contributed by atoms with E-state index < -0.39 is 6.10 Å². The molecular weight excluding hydrogens is 224 g/mol. The molecule has 0 aliphatic heterocycles. The smallest absolute Gasteiger partial charge is 0.125 e. The van der Waals surface area contributed by atoms with Crippen molar-refractivity contribution in [1.82, 2.24) is 0 Å². The lowest BCUT2D eigenvalue weighted by Gasteiger charge is -2.43. The molecule has 0 aromatic heterocycles. The minimum atomic E-state index is -0.440. The monoisotopic (exact) mass is 254 g/mol. The molecule has 1 saturated carbocycles. The fraction of sp³-hybridized carbons (Fsp3) is 0.938. The molecule has 4 unspecified atom stereocenters. The van der Waals surface area contributed by atoms with Crippen LogP contribution >= 0.6 is 0 Å². The van der Waals surface area contributed by atoms with Crippen molar-refractivity contribution in [3.05, 3.63) is 0 Å². The van der Waals surface area contributed by atoms with Crippen molar-refractivity contribution in [2.24, 2.45) is 23.2 Å². The normalized spacial score (nSPS) is 33.4. The van der Waals surface area contributed by atoms with Gasteiger partial charge in [0.15, 0.2) is 0 Å². The quantitative estimate of drug-likeness (QED) is 0.598. The molecule has 0 spiro atoms. The van der Waals surface area contributed by atoms with Crippen LogP contribution in [0.4, 0.5) is 0 Å². The Morgan fingerprint density at radius 2 is 1.89 bits per heavy atom. The average molecular weight is 254 g/mol. The Labute approximate surface area is 112 Å². The number of rotatable bonds is 5. The van der Waals surface area contributed by atoms with E-state index in [-0.39, 0.29) is 17.3 Å². The molecule has 0 saturated heterocycles. The number of carbonyl (C=O) groups excluding carboxylic acids is 1. The van der Waals surface area contributed by atoms with Gasteiger partial charge in [0.1, 0.15) is 6.29 Å². The molecule has 1 fully saturated rings. The molecule has 18 heavy (non-hydrogen) atoms. The maximum absolute atomic E-state index is 11.2. The van der Waals surface area contributed by atoms with E-state index in [0.29, 0.717) is 5.92 Å². The van der Waals surface area contributed by atoms with Crippen LogP contribution < -0.4 is 0 Å². The van der Waals surface area contributed by atoms with Crippen molar-refractivity contribution in [2.45, 2.75) is 72.3 Å². The van der Waals surface area contributed by atoms with Gasteiger partial charge in [-0.2, -0.15) is 0 Å². The molecule has 2 heteroatoms. The maximum Gasteiger partial charge on any atom is 0.125 e. The van der Waals surface area contributed by atoms with Gasteiger partial charge in [0.2, 0.25) is 0 Å². The third kappa shape index (κ3) is 4.08. The first-order chi connectivity index (χ1) is 8.40. The van der Waals surface area contributed by atoms with Crippen LogP contribution in [0.25, 0.3) is 0 Å². The zero-order chi connectivity index (χ0) is 13.8. The summed E-state index contributed by atoms with van der Waals surface area (Å²) >= 11 is 0. The first-order valence-corrected chi connectivity index (χ1v) is 7.53. The van der Waals surface area contributed by atoms with E-state index in [2.05, 4.69) is 27.7 Å². The van der Waals surface area contributed by atoms with Crippen molar-refractivity contribution < 1.29 is 9.90 Å². The number of unbranched alkanes of at least 4 members (excludes halogenated alkanes) is 2. The zero-order valence-corrected chi connectivity index (χ0v) is 12.5. The maximum atomic E-state index is 11.2. The SMILES string of the molecule is CCCCCC1CC(C=O)C(O)C(C(C)(C)C)C1. The highest BCUT2D eigenvalue weighted by Gasteiger charge is 2.41. The Morgan fingerprint density at radius 1 is 1.22 bits per heavy atom. The number of aldehydes is 1. The summed E-state index contributed by atoms with van der Waals surface area (Å²) in [5, 5.41) is 10.3. The van der Waals surface area contributed by atoms with Gasteiger partial charge < -0.3 is 9.90 Å². The van der Waals surface area contributed by atoms with Crippen molar-refractivity contribution in [3.63, 3.8) is 0 Å². The van der Waals surface area contributed by atoms with Crippen molar-refractivity contribution >= 4 is 6.29 Å². The number of carbonyl (C=O) groups is 1. The largest absolute Gasteiger partial charge is 0.392 e. The Kier molecular flexibility index (Phi) is 5.84. The molecule has 1 rings (SSSR count). The van der Waals surface area contributed by atoms with Gasteiger partial charge in [-0.15, -0.1) is 0 Å². The molecule has 1 aliphatic carbocycles. The topological polar surface area (TPSA) is 37.3 Å². The standard InChI is InChI=1S/C16H30O2/c1-5-6-7-8-12-9-13(11-17)15(18)14(10-12)16(2,3)4/h11-15,18H,5-10H2,1-4H3. The highest BCUT2D eigenvalue weighted by molar-refractivity contribution is 5.55. The summed E-state index contributed by atoms with van der Waals surface area (Å²) in [5.41, 5.74) is 0.0874. The Morgan fingerprint density at radius 3 is 2.39 bits per heavy atom. The zero-order valence-electron chi connectivity index (χ0n) is 12.5. The highest BCUT2D eigenvalue weighted by Crippen LogP contribution is 2.43. The van der Waals surface area contributed by atoms with Crippen LogP contribution in [-0.4, -0.2) is 17.5 Å². The van der Waals surface area contributed by atoms with Crippen LogP contribution in [0.15, 0.2) is 0 Å². The van der Waals surface area contributed by atoms with E-state index in [1.807, 2.05) is 0 Å². The minimum Gasteiger partial charge on any atom is -0.392 e. The highest BCUT2D eigenvalue weighted by atomic mass is 16.3. The number of hydrogen-bond donors (Lipinski definition) is 1. The minimum absolute atomic E-state index is 0.0874. The average Bonchev–Trinajstić information content (AvgIpc) is 2.29. The Hall–Kier alpha value is -0.370. The summed E-state index contributed by atoms with van der Waals surface area (Å²) in [6.45, 7) is 8.75. The first kappa shape index (κ1) is 15.7. The van der Waals surface area contributed by atoms with Crippen LogP contribution in [0, 0.1) is 23.2 Å². The summed E-state index contributed by atoms with van der Waals surface area (Å²) < 4.78 is 0. The van der Waals surface area contributed by atoms with Gasteiger partial charge in [-0.3, -0.25) is 0 Å². The van der Waals surface area contributed by atoms with Crippen LogP contribution in [-0.2, 0) is 4.79 Å². The lowest BCUT2D eigenvalue weighted by atomic mass is 9.63. The summed E-state index contributed by atoms with van der Waals surface area (Å²) in [4.78, 5) is 11.2. The molecule has 106 valence electrons. The van der Waals surface area contributed by atoms with Gasteiger partial charge in [0.05, 0.1) is 6.10 Å². The van der Waals surface area contributed by atoms with Crippen molar-refractivity contribution in [1.29, 1.82) is 0 Å². The molecule has 0 radical (unpaired) electrons. The third-order valence-corrected chi connectivity index (χ3v) is 4.55. The van der Waals surface area contributed by atoms with E-state index in [1.165, 1.54) is 25.7 Å². The second-order valence-electron chi connectivity index (χ2n) is 7.10. The van der Waals surface area contributed by atoms with Crippen LogP contribution in [0.5, 0.6) is 0 Å². The lowest BCUT2D eigenvalue weighted by molar-refractivity contribution is -0.122. The van der Waals surface area contributed by atoms with Gasteiger partial charge in [0, 0.05) is 5.92 Å². The fourth-order valence-corrected chi connectivity index (χ4v) is 3.34. The molecular formula is C16H30O2. The Balaban J connectivity index is 2.65. The van der Waals surface area contributed by atoms with Gasteiger partial charge >= 0.3 is 0 Å². The van der Waals surface area contributed by atoms with Gasteiger partial charge in [-0.05, 0) is 30.1 Å². The van der Waals surface area contributed by atoms with Crippen molar-refractivity contribution in [3.8, 4) is 0 Å². The second kappa shape index (κ2) is 6.70. The predicted molar refractivity (Wildman–Crippen MR) is 75.4 cm³/mol. The van der Waals surface area contributed by atoms with Gasteiger partial charge in [-0.25, -0.2) is 0 Å². The van der Waals surface area contributed by atoms with Crippen LogP contribution in [0.3, 0.4) is 0 Å². The number of aliphatic hydroxyl groups excluding tert-OH is 1. The van der Waals surface area contributed by atoms with Gasteiger partial charge in [0.25, 0.3) is 0 Å². The Bertz CT molecular complexity index is 254. The third-order valence-electron chi connectivity index (χ3n) is 4.55. The van der Waals surface area contributed by atoms with Crippen molar-refractivity contribution in [2.75, 3.05) is 0 Å². The molecule has 0 aromatic carbocycles. The fourth-order valence-electron chi connectivity index (χ4n) is 3.34. The molecule has 0 bridgehead atoms. The lowest BCUT2D eigenvalue weighted by Crippen LogP contribution is -2.44. The summed E-state index contributed by atoms with van der Waals surface area (Å²) in [7, 11) is 0. The summed E-state index contributed by atoms with van der Waals surface area (Å²) in [6.07, 6.45) is 7.52. The van der Waals surface area contributed by atoms with Gasteiger partial charge in [-0.1, -0.05) is 53.4 Å². The predicted octanol–water partition coefficient (Wildman–Crippen LogP) is 3.82. The molecule has 2 nitrogen and oxygen atoms in total. The molecule has 4 atom stereocenters. The number of hydrogen-bond acceptors (Lipinski definition) is 2. The van der Waals surface area contributed by atoms with E-state index in [9.17, 15) is 9.90 Å². The van der Waals surface area contributed by atoms with E-state index in [1.54, 1.807) is 0 Å². The van der Waals surface area contributed by atoms with E-state index >= 15 is 0 Å². The molecule has 1 N–H and O–H groups in total. The number of aliphatic hydroxyl groups is 1. The molecule has 0 heterocycles. The van der Waals surface area contributed by atoms with Crippen LogP contribution in [0.1, 0.15) is 66.2 Å². The molecule has 0 amide bonds. The van der Waals surface area contributed by atoms with E-state index in [0.717, 1.165) is 19.1 Å². The second-order valence-corrected chi connectivity index (χ2v) is 7.10. The molecule has 1 aliphatic rings. The first-order valence-electron chi connectivity index (χ1n) is 7.53. The van der Waals surface area contributed by atoms with Crippen LogP contribution in [0.2, 0.25) is 0 Å². The molecule has 0 aromatic rings. The summed E-state index contributed by atoms with van der Waals surface area (Å²) in [6, 6.07) is 0. The van der Waals surface area contributed by atoms with E-state index in [4.69, 9.17) is 0 Å².